The van der Waals surface area contributed by atoms with Crippen molar-refractivity contribution in [3.8, 4) is 17.0 Å². The molecule has 0 bridgehead atoms. The van der Waals surface area contributed by atoms with Crippen molar-refractivity contribution in [2.45, 2.75) is 51.5 Å². The molecular formula is C25H33N3O7S. The highest BCUT2D eigenvalue weighted by Gasteiger charge is 2.22. The van der Waals surface area contributed by atoms with Crippen molar-refractivity contribution in [1.82, 2.24) is 14.8 Å². The van der Waals surface area contributed by atoms with Crippen LogP contribution in [0, 0.1) is 0 Å². The Morgan fingerprint density at radius 3 is 2.78 bits per heavy atom. The molecule has 196 valence electrons. The normalized spacial score (nSPS) is 18.4. The van der Waals surface area contributed by atoms with Crippen molar-refractivity contribution in [3.05, 3.63) is 42.2 Å². The van der Waals surface area contributed by atoms with Crippen LogP contribution in [-0.4, -0.2) is 67.1 Å². The van der Waals surface area contributed by atoms with Crippen LogP contribution in [0.15, 0.2) is 36.7 Å². The van der Waals surface area contributed by atoms with Gasteiger partial charge in [0.1, 0.15) is 11.4 Å². The van der Waals surface area contributed by atoms with Crippen molar-refractivity contribution in [2.24, 2.45) is 0 Å². The first-order valence-electron chi connectivity index (χ1n) is 12.1. The van der Waals surface area contributed by atoms with E-state index in [1.165, 1.54) is 0 Å². The van der Waals surface area contributed by atoms with Crippen LogP contribution < -0.4 is 0 Å². The first kappa shape index (κ1) is 26.5. The molecule has 1 aromatic carbocycles. The molecule has 3 atom stereocenters. The van der Waals surface area contributed by atoms with E-state index in [4.69, 9.17) is 23.5 Å². The minimum atomic E-state index is -3.51. The van der Waals surface area contributed by atoms with E-state index in [1.807, 2.05) is 23.7 Å². The minimum Gasteiger partial charge on any atom is -0.508 e. The Morgan fingerprint density at radius 1 is 1.19 bits per heavy atom. The SMILES string of the molecule is C[C@H](COCCO[C@@H](C)c1cncc(-c2nn(C3CCCCO3)c3ccc(O)cc23)c1)OS(C)(=O)=O. The van der Waals surface area contributed by atoms with Crippen LogP contribution in [-0.2, 0) is 28.5 Å². The summed E-state index contributed by atoms with van der Waals surface area (Å²) in [4.78, 5) is 4.41. The van der Waals surface area contributed by atoms with Crippen LogP contribution in [0.25, 0.3) is 22.2 Å². The van der Waals surface area contributed by atoms with Crippen LogP contribution in [0.4, 0.5) is 0 Å². The number of phenolic OH excluding ortho intramolecular Hbond substituents is 1. The fourth-order valence-electron chi connectivity index (χ4n) is 4.24. The Kier molecular flexibility index (Phi) is 8.58. The third-order valence-electron chi connectivity index (χ3n) is 5.91. The number of fused-ring (bicyclic) bond motifs is 1. The Morgan fingerprint density at radius 2 is 2.03 bits per heavy atom. The van der Waals surface area contributed by atoms with Crippen LogP contribution in [0.5, 0.6) is 5.75 Å². The Bertz CT molecular complexity index is 1270. The molecule has 1 aliphatic heterocycles. The van der Waals surface area contributed by atoms with E-state index >= 15 is 0 Å². The van der Waals surface area contributed by atoms with Crippen LogP contribution in [0.2, 0.25) is 0 Å². The maximum atomic E-state index is 11.1. The number of nitrogens with zero attached hydrogens (tertiary/aromatic N) is 3. The molecular weight excluding hydrogens is 486 g/mol. The molecule has 1 saturated heterocycles. The molecule has 0 radical (unpaired) electrons. The third-order valence-corrected chi connectivity index (χ3v) is 6.59. The molecule has 2 aromatic heterocycles. The molecule has 1 fully saturated rings. The summed E-state index contributed by atoms with van der Waals surface area (Å²) < 4.78 is 46.4. The average molecular weight is 520 g/mol. The lowest BCUT2D eigenvalue weighted by atomic mass is 10.1. The van der Waals surface area contributed by atoms with Gasteiger partial charge in [0.25, 0.3) is 10.1 Å². The Labute approximate surface area is 211 Å². The molecule has 1 aliphatic rings. The fourth-order valence-corrected chi connectivity index (χ4v) is 4.90. The van der Waals surface area contributed by atoms with E-state index < -0.39 is 16.2 Å². The Hall–Kier alpha value is -2.57. The number of benzene rings is 1. The highest BCUT2D eigenvalue weighted by Crippen LogP contribution is 2.35. The van der Waals surface area contributed by atoms with E-state index in [1.54, 1.807) is 31.5 Å². The lowest BCUT2D eigenvalue weighted by Crippen LogP contribution is -2.21. The predicted octanol–water partition coefficient (Wildman–Crippen LogP) is 3.96. The maximum absolute atomic E-state index is 11.1. The number of hydrogen-bond acceptors (Lipinski definition) is 9. The van der Waals surface area contributed by atoms with Crippen molar-refractivity contribution in [3.63, 3.8) is 0 Å². The van der Waals surface area contributed by atoms with Gasteiger partial charge in [0, 0.05) is 30.0 Å². The molecule has 3 heterocycles. The van der Waals surface area contributed by atoms with E-state index in [9.17, 15) is 13.5 Å². The summed E-state index contributed by atoms with van der Waals surface area (Å²) in [6.45, 7) is 5.03. The summed E-state index contributed by atoms with van der Waals surface area (Å²) in [6, 6.07) is 7.23. The highest BCUT2D eigenvalue weighted by molar-refractivity contribution is 7.86. The summed E-state index contributed by atoms with van der Waals surface area (Å²) >= 11 is 0. The van der Waals surface area contributed by atoms with Gasteiger partial charge in [-0.3, -0.25) is 9.17 Å². The van der Waals surface area contributed by atoms with Gasteiger partial charge in [0.2, 0.25) is 0 Å². The molecule has 0 spiro atoms. The largest absolute Gasteiger partial charge is 0.508 e. The molecule has 10 nitrogen and oxygen atoms in total. The highest BCUT2D eigenvalue weighted by atomic mass is 32.2. The van der Waals surface area contributed by atoms with Crippen LogP contribution in [0.3, 0.4) is 0 Å². The zero-order valence-electron chi connectivity index (χ0n) is 20.8. The quantitative estimate of drug-likeness (QED) is 0.296. The van der Waals surface area contributed by atoms with Crippen molar-refractivity contribution < 1.29 is 31.9 Å². The second-order valence-corrected chi connectivity index (χ2v) is 10.6. The van der Waals surface area contributed by atoms with E-state index in [2.05, 4.69) is 4.98 Å². The third kappa shape index (κ3) is 6.80. The molecule has 1 N–H and O–H groups in total. The average Bonchev–Trinajstić information content (AvgIpc) is 3.22. The smallest absolute Gasteiger partial charge is 0.264 e. The van der Waals surface area contributed by atoms with Crippen molar-refractivity contribution in [2.75, 3.05) is 32.7 Å². The standard InChI is InChI=1S/C25H33N3O7S/c1-17(35-36(3,30)31)16-32-10-11-33-18(2)19-12-20(15-26-14-19)25-22-13-21(29)7-8-23(22)28(27-25)24-6-4-5-9-34-24/h7-8,12-15,17-18,24,29H,4-6,9-11,16H2,1-3H3/t17-,18+,24?/m1/s1. The molecule has 36 heavy (non-hydrogen) atoms. The summed E-state index contributed by atoms with van der Waals surface area (Å²) in [6.07, 6.45) is 6.57. The summed E-state index contributed by atoms with van der Waals surface area (Å²) in [7, 11) is -3.51. The number of ether oxygens (including phenoxy) is 3. The van der Waals surface area contributed by atoms with Gasteiger partial charge >= 0.3 is 0 Å². The molecule has 3 aromatic rings. The number of aromatic hydroxyl groups is 1. The van der Waals surface area contributed by atoms with Gasteiger partial charge in [-0.2, -0.15) is 13.5 Å². The number of aromatic nitrogens is 3. The second-order valence-electron chi connectivity index (χ2n) is 9.02. The van der Waals surface area contributed by atoms with Gasteiger partial charge < -0.3 is 19.3 Å². The van der Waals surface area contributed by atoms with E-state index in [0.717, 1.165) is 53.2 Å². The topological polar surface area (TPSA) is 122 Å². The monoisotopic (exact) mass is 519 g/mol. The molecule has 1 unspecified atom stereocenters. The van der Waals surface area contributed by atoms with E-state index in [-0.39, 0.29) is 24.7 Å². The van der Waals surface area contributed by atoms with E-state index in [0.29, 0.717) is 19.8 Å². The molecule has 4 rings (SSSR count). The summed E-state index contributed by atoms with van der Waals surface area (Å²) in [5, 5.41) is 15.8. The first-order valence-corrected chi connectivity index (χ1v) is 13.9. The first-order chi connectivity index (χ1) is 17.2. The van der Waals surface area contributed by atoms with Crippen molar-refractivity contribution >= 4 is 21.0 Å². The number of rotatable bonds is 11. The molecule has 11 heteroatoms. The molecule has 0 amide bonds. The van der Waals surface area contributed by atoms with Crippen molar-refractivity contribution in [1.29, 1.82) is 0 Å². The fraction of sp³-hybridized carbons (Fsp3) is 0.520. The Balaban J connectivity index is 1.44. The number of pyridine rings is 1. The second kappa shape index (κ2) is 11.7. The molecule has 0 aliphatic carbocycles. The lowest BCUT2D eigenvalue weighted by Gasteiger charge is -2.23. The minimum absolute atomic E-state index is 0.136. The van der Waals surface area contributed by atoms with Gasteiger partial charge in [-0.05, 0) is 62.9 Å². The summed E-state index contributed by atoms with van der Waals surface area (Å²) in [5.41, 5.74) is 3.31. The van der Waals surface area contributed by atoms with Gasteiger partial charge in [-0.25, -0.2) is 4.68 Å². The van der Waals surface area contributed by atoms with Gasteiger partial charge in [-0.1, -0.05) is 0 Å². The zero-order valence-corrected chi connectivity index (χ0v) is 21.6. The van der Waals surface area contributed by atoms with Gasteiger partial charge in [-0.15, -0.1) is 0 Å². The van der Waals surface area contributed by atoms with Crippen LogP contribution in [0.1, 0.15) is 51.0 Å². The van der Waals surface area contributed by atoms with Gasteiger partial charge in [0.15, 0.2) is 6.23 Å². The molecule has 0 saturated carbocycles. The maximum Gasteiger partial charge on any atom is 0.264 e. The summed E-state index contributed by atoms with van der Waals surface area (Å²) in [5.74, 6) is 0.171. The van der Waals surface area contributed by atoms with Gasteiger partial charge in [0.05, 0.1) is 43.8 Å². The predicted molar refractivity (Wildman–Crippen MR) is 134 cm³/mol. The van der Waals surface area contributed by atoms with Crippen LogP contribution >= 0.6 is 0 Å². The zero-order chi connectivity index (χ0) is 25.7. The number of phenols is 1. The number of hydrogen-bond donors (Lipinski definition) is 1. The lowest BCUT2D eigenvalue weighted by molar-refractivity contribution is -0.0365.